The van der Waals surface area contributed by atoms with Gasteiger partial charge in [0.2, 0.25) is 0 Å². The molecule has 0 radical (unpaired) electrons. The Balaban J connectivity index is 1.31. The smallest absolute Gasteiger partial charge is 0.283 e. The number of imide groups is 1. The van der Waals surface area contributed by atoms with Gasteiger partial charge in [-0.1, -0.05) is 67.1 Å². The minimum absolute atomic E-state index is 0.00538. The summed E-state index contributed by atoms with van der Waals surface area (Å²) in [5.74, 6) is -1.38. The molecule has 5 rings (SSSR count). The van der Waals surface area contributed by atoms with E-state index in [1.54, 1.807) is 36.4 Å². The fourth-order valence-corrected chi connectivity index (χ4v) is 4.32. The van der Waals surface area contributed by atoms with Crippen LogP contribution >= 0.6 is 11.6 Å². The number of amides is 3. The molecule has 7 heteroatoms. The van der Waals surface area contributed by atoms with Crippen LogP contribution in [-0.2, 0) is 16.0 Å². The molecule has 1 aliphatic heterocycles. The summed E-state index contributed by atoms with van der Waals surface area (Å²) in [5, 5.41) is 7.69. The van der Waals surface area contributed by atoms with Gasteiger partial charge in [-0.15, -0.1) is 0 Å². The average molecular weight is 496 g/mol. The Labute approximate surface area is 213 Å². The van der Waals surface area contributed by atoms with E-state index in [4.69, 9.17) is 11.6 Å². The van der Waals surface area contributed by atoms with Crippen LogP contribution in [0.3, 0.4) is 0 Å². The summed E-state index contributed by atoms with van der Waals surface area (Å²) in [5.41, 5.74) is 3.24. The largest absolute Gasteiger partial charge is 0.350 e. The molecule has 0 saturated heterocycles. The number of nitrogens with one attached hydrogen (secondary N) is 2. The number of rotatable bonds is 6. The average Bonchev–Trinajstić information content (AvgIpc) is 3.12. The molecule has 0 unspecified atom stereocenters. The molecule has 36 heavy (non-hydrogen) atoms. The predicted molar refractivity (Wildman–Crippen MR) is 143 cm³/mol. The van der Waals surface area contributed by atoms with E-state index in [9.17, 15) is 14.4 Å². The molecule has 4 aromatic rings. The van der Waals surface area contributed by atoms with Gasteiger partial charge in [-0.25, -0.2) is 4.90 Å². The van der Waals surface area contributed by atoms with Gasteiger partial charge < -0.3 is 10.6 Å². The maximum absolute atomic E-state index is 13.0. The Kier molecular flexibility index (Phi) is 6.27. The van der Waals surface area contributed by atoms with Crippen molar-refractivity contribution in [3.8, 4) is 0 Å². The molecule has 0 aliphatic carbocycles. The predicted octanol–water partition coefficient (Wildman–Crippen LogP) is 6.09. The van der Waals surface area contributed by atoms with Gasteiger partial charge in [-0.3, -0.25) is 14.4 Å². The summed E-state index contributed by atoms with van der Waals surface area (Å²) in [6, 6.07) is 27.3. The maximum Gasteiger partial charge on any atom is 0.283 e. The topological polar surface area (TPSA) is 78.5 Å². The zero-order chi connectivity index (χ0) is 25.2. The number of hydrogen-bond acceptors (Lipinski definition) is 4. The fourth-order valence-electron chi connectivity index (χ4n) is 4.10. The Bertz CT molecular complexity index is 1520. The first-order valence-corrected chi connectivity index (χ1v) is 11.9. The summed E-state index contributed by atoms with van der Waals surface area (Å²) in [4.78, 5) is 39.6. The van der Waals surface area contributed by atoms with Crippen LogP contribution < -0.4 is 15.5 Å². The lowest BCUT2D eigenvalue weighted by Gasteiger charge is -2.15. The standard InChI is InChI=1S/C29H22ClN3O3/c1-2-18-10-16-22(17-11-18)33-28(35)25(30)26(29(33)36)31-21-14-12-20(13-15-21)27(34)32-24-9-5-7-19-6-3-4-8-23(19)24/h3-17,31H,2H2,1H3,(H,32,34). The van der Waals surface area contributed by atoms with E-state index in [1.165, 1.54) is 0 Å². The summed E-state index contributed by atoms with van der Waals surface area (Å²) in [7, 11) is 0. The maximum atomic E-state index is 13.0. The van der Waals surface area contributed by atoms with Crippen LogP contribution in [0.1, 0.15) is 22.8 Å². The third-order valence-corrected chi connectivity index (χ3v) is 6.44. The van der Waals surface area contributed by atoms with Gasteiger partial charge in [0.25, 0.3) is 17.7 Å². The highest BCUT2D eigenvalue weighted by Crippen LogP contribution is 2.30. The number of benzene rings is 4. The van der Waals surface area contributed by atoms with Gasteiger partial charge in [-0.05, 0) is 59.8 Å². The van der Waals surface area contributed by atoms with E-state index in [1.807, 2.05) is 61.5 Å². The van der Waals surface area contributed by atoms with Crippen LogP contribution in [0.2, 0.25) is 0 Å². The number of nitrogens with zero attached hydrogens (tertiary/aromatic N) is 1. The summed E-state index contributed by atoms with van der Waals surface area (Å²) in [6.45, 7) is 2.03. The number of hydrogen-bond donors (Lipinski definition) is 2. The number of carbonyl (C=O) groups is 3. The van der Waals surface area contributed by atoms with Crippen LogP contribution in [0.15, 0.2) is 102 Å². The Morgan fingerprint density at radius 1 is 0.833 bits per heavy atom. The van der Waals surface area contributed by atoms with Gasteiger partial charge in [0.15, 0.2) is 0 Å². The van der Waals surface area contributed by atoms with E-state index in [2.05, 4.69) is 10.6 Å². The normalized spacial score (nSPS) is 13.4. The third kappa shape index (κ3) is 4.34. The first-order chi connectivity index (χ1) is 17.5. The molecule has 0 saturated carbocycles. The first-order valence-electron chi connectivity index (χ1n) is 11.5. The molecule has 0 aromatic heterocycles. The van der Waals surface area contributed by atoms with Crippen molar-refractivity contribution in [1.82, 2.24) is 0 Å². The van der Waals surface area contributed by atoms with Crippen LogP contribution in [-0.4, -0.2) is 17.7 Å². The molecular weight excluding hydrogens is 474 g/mol. The van der Waals surface area contributed by atoms with Crippen molar-refractivity contribution in [3.05, 3.63) is 113 Å². The SMILES string of the molecule is CCc1ccc(N2C(=O)C(Cl)=C(Nc3ccc(C(=O)Nc4cccc5ccccc45)cc3)C2=O)cc1. The fraction of sp³-hybridized carbons (Fsp3) is 0.0690. The van der Waals surface area contributed by atoms with Crippen LogP contribution in [0, 0.1) is 0 Å². The lowest BCUT2D eigenvalue weighted by atomic mass is 10.1. The Morgan fingerprint density at radius 3 is 2.25 bits per heavy atom. The van der Waals surface area contributed by atoms with Gasteiger partial charge in [0, 0.05) is 22.3 Å². The van der Waals surface area contributed by atoms with E-state index >= 15 is 0 Å². The van der Waals surface area contributed by atoms with Crippen molar-refractivity contribution in [1.29, 1.82) is 0 Å². The quantitative estimate of drug-likeness (QED) is 0.317. The van der Waals surface area contributed by atoms with E-state index < -0.39 is 11.8 Å². The first kappa shape index (κ1) is 23.3. The van der Waals surface area contributed by atoms with Crippen molar-refractivity contribution in [3.63, 3.8) is 0 Å². The van der Waals surface area contributed by atoms with Crippen LogP contribution in [0.25, 0.3) is 10.8 Å². The molecule has 1 aliphatic rings. The summed E-state index contributed by atoms with van der Waals surface area (Å²) < 4.78 is 0. The number of aryl methyl sites for hydroxylation is 1. The third-order valence-electron chi connectivity index (χ3n) is 6.08. The van der Waals surface area contributed by atoms with Gasteiger partial charge in [0.1, 0.15) is 10.7 Å². The molecular formula is C29H22ClN3O3. The molecule has 3 amide bonds. The number of halogens is 1. The molecule has 178 valence electrons. The Morgan fingerprint density at radius 2 is 1.53 bits per heavy atom. The summed E-state index contributed by atoms with van der Waals surface area (Å²) in [6.07, 6.45) is 0.851. The highest BCUT2D eigenvalue weighted by Gasteiger charge is 2.38. The van der Waals surface area contributed by atoms with Crippen LogP contribution in [0.5, 0.6) is 0 Å². The van der Waals surface area contributed by atoms with Gasteiger partial charge in [0.05, 0.1) is 5.69 Å². The minimum atomic E-state index is -0.584. The van der Waals surface area contributed by atoms with Crippen molar-refractivity contribution >= 4 is 57.2 Å². The minimum Gasteiger partial charge on any atom is -0.350 e. The van der Waals surface area contributed by atoms with Crippen molar-refractivity contribution in [2.45, 2.75) is 13.3 Å². The van der Waals surface area contributed by atoms with Gasteiger partial charge in [-0.2, -0.15) is 0 Å². The highest BCUT2D eigenvalue weighted by molar-refractivity contribution is 6.53. The molecule has 0 atom stereocenters. The second-order valence-electron chi connectivity index (χ2n) is 8.34. The molecule has 2 N–H and O–H groups in total. The zero-order valence-corrected chi connectivity index (χ0v) is 20.2. The van der Waals surface area contributed by atoms with E-state index in [0.29, 0.717) is 16.9 Å². The number of carbonyl (C=O) groups excluding carboxylic acids is 3. The molecule has 0 fully saturated rings. The van der Waals surface area contributed by atoms with Crippen LogP contribution in [0.4, 0.5) is 17.1 Å². The lowest BCUT2D eigenvalue weighted by molar-refractivity contribution is -0.120. The molecule has 0 bridgehead atoms. The molecule has 0 spiro atoms. The van der Waals surface area contributed by atoms with E-state index in [-0.39, 0.29) is 16.6 Å². The summed E-state index contributed by atoms with van der Waals surface area (Å²) >= 11 is 6.24. The number of anilines is 3. The molecule has 1 heterocycles. The lowest BCUT2D eigenvalue weighted by Crippen LogP contribution is -2.32. The second kappa shape index (κ2) is 9.68. The Hall–Kier alpha value is -4.42. The van der Waals surface area contributed by atoms with Gasteiger partial charge >= 0.3 is 0 Å². The van der Waals surface area contributed by atoms with Crippen molar-refractivity contribution in [2.24, 2.45) is 0 Å². The second-order valence-corrected chi connectivity index (χ2v) is 8.72. The molecule has 6 nitrogen and oxygen atoms in total. The van der Waals surface area contributed by atoms with Crippen molar-refractivity contribution in [2.75, 3.05) is 15.5 Å². The number of fused-ring (bicyclic) bond motifs is 1. The zero-order valence-electron chi connectivity index (χ0n) is 19.4. The molecule has 4 aromatic carbocycles. The van der Waals surface area contributed by atoms with Crippen molar-refractivity contribution < 1.29 is 14.4 Å². The highest BCUT2D eigenvalue weighted by atomic mass is 35.5. The van der Waals surface area contributed by atoms with E-state index in [0.717, 1.165) is 33.3 Å². The monoisotopic (exact) mass is 495 g/mol.